The third kappa shape index (κ3) is 14.2. The number of anilines is 2. The molecule has 186 valence electrons. The van der Waals surface area contributed by atoms with Gasteiger partial charge < -0.3 is 30.3 Å². The van der Waals surface area contributed by atoms with Gasteiger partial charge >= 0.3 is 0 Å². The summed E-state index contributed by atoms with van der Waals surface area (Å²) < 4.78 is 15.9. The van der Waals surface area contributed by atoms with Crippen LogP contribution in [-0.2, 0) is 9.47 Å². The number of benzene rings is 1. The molecule has 0 saturated carbocycles. The van der Waals surface area contributed by atoms with Crippen LogP contribution in [-0.4, -0.2) is 57.8 Å². The molecule has 33 heavy (non-hydrogen) atoms. The van der Waals surface area contributed by atoms with Crippen molar-refractivity contribution in [3.8, 4) is 5.88 Å². The predicted molar refractivity (Wildman–Crippen MR) is 140 cm³/mol. The average Bonchev–Trinajstić information content (AvgIpc) is 2.82. The standard InChI is InChI=1S/C16H29N3O3.C8H9N.C2H6/c1-4-6-19(7-5-2)14-12-15(17)18-16(13-14)22-11-10-21-9-8-20-3;1-7-3-2-4-8(5-7)6-9;1-2/h12-13H,4-11H2,1-3H3,(H2,17,18);2-6,9H,1H3;1-2H3. The molecule has 1 aromatic heterocycles. The van der Waals surface area contributed by atoms with Gasteiger partial charge in [-0.2, -0.15) is 4.98 Å². The van der Waals surface area contributed by atoms with Gasteiger partial charge in [0, 0.05) is 44.2 Å². The Hall–Kier alpha value is -2.64. The highest BCUT2D eigenvalue weighted by Gasteiger charge is 2.08. The van der Waals surface area contributed by atoms with E-state index in [1.807, 2.05) is 57.2 Å². The molecule has 0 amide bonds. The highest BCUT2D eigenvalue weighted by molar-refractivity contribution is 5.76. The topological polar surface area (TPSA) is 93.7 Å². The van der Waals surface area contributed by atoms with Gasteiger partial charge in [0.05, 0.1) is 19.8 Å². The first kappa shape index (κ1) is 30.4. The first-order chi connectivity index (χ1) is 16.0. The number of nitrogen functional groups attached to an aromatic ring is 1. The van der Waals surface area contributed by atoms with Crippen LogP contribution in [0.2, 0.25) is 0 Å². The van der Waals surface area contributed by atoms with Crippen LogP contribution in [0.3, 0.4) is 0 Å². The molecule has 0 aliphatic rings. The van der Waals surface area contributed by atoms with E-state index in [-0.39, 0.29) is 0 Å². The summed E-state index contributed by atoms with van der Waals surface area (Å²) in [5.41, 5.74) is 9.13. The lowest BCUT2D eigenvalue weighted by Crippen LogP contribution is -2.25. The summed E-state index contributed by atoms with van der Waals surface area (Å²) in [5.74, 6) is 1.02. The van der Waals surface area contributed by atoms with Crippen LogP contribution < -0.4 is 15.4 Å². The second-order valence-electron chi connectivity index (χ2n) is 7.09. The lowest BCUT2D eigenvalue weighted by Gasteiger charge is -2.24. The highest BCUT2D eigenvalue weighted by Crippen LogP contribution is 2.23. The number of hydrogen-bond donors (Lipinski definition) is 2. The molecule has 0 spiro atoms. The van der Waals surface area contributed by atoms with E-state index < -0.39 is 0 Å². The van der Waals surface area contributed by atoms with Gasteiger partial charge in [-0.05, 0) is 25.3 Å². The number of aromatic nitrogens is 1. The quantitative estimate of drug-likeness (QED) is 0.309. The summed E-state index contributed by atoms with van der Waals surface area (Å²) in [6, 6.07) is 11.7. The minimum atomic E-state index is 0.446. The maximum absolute atomic E-state index is 6.92. The number of pyridine rings is 1. The van der Waals surface area contributed by atoms with Crippen LogP contribution in [0.15, 0.2) is 36.4 Å². The summed E-state index contributed by atoms with van der Waals surface area (Å²) >= 11 is 0. The summed E-state index contributed by atoms with van der Waals surface area (Å²) in [5, 5.41) is 6.92. The monoisotopic (exact) mass is 460 g/mol. The zero-order chi connectivity index (χ0) is 24.9. The highest BCUT2D eigenvalue weighted by atomic mass is 16.5. The Morgan fingerprint density at radius 1 is 1.00 bits per heavy atom. The molecule has 1 heterocycles. The molecule has 0 radical (unpaired) electrons. The smallest absolute Gasteiger partial charge is 0.217 e. The van der Waals surface area contributed by atoms with Crippen molar-refractivity contribution in [1.82, 2.24) is 4.98 Å². The van der Waals surface area contributed by atoms with Gasteiger partial charge in [-0.3, -0.25) is 0 Å². The molecule has 7 heteroatoms. The van der Waals surface area contributed by atoms with Crippen molar-refractivity contribution in [3.05, 3.63) is 47.5 Å². The van der Waals surface area contributed by atoms with Crippen LogP contribution in [0, 0.1) is 12.3 Å². The number of aryl methyl sites for hydroxylation is 1. The molecule has 0 saturated heterocycles. The Kier molecular flexibility index (Phi) is 18.4. The number of methoxy groups -OCH3 is 1. The van der Waals surface area contributed by atoms with Crippen LogP contribution in [0.4, 0.5) is 11.5 Å². The lowest BCUT2D eigenvalue weighted by atomic mass is 10.2. The van der Waals surface area contributed by atoms with Gasteiger partial charge in [-0.15, -0.1) is 0 Å². The van der Waals surface area contributed by atoms with Crippen molar-refractivity contribution in [2.45, 2.75) is 47.5 Å². The summed E-state index contributed by atoms with van der Waals surface area (Å²) in [6.07, 6.45) is 3.53. The van der Waals surface area contributed by atoms with Crippen LogP contribution >= 0.6 is 0 Å². The fourth-order valence-corrected chi connectivity index (χ4v) is 2.89. The van der Waals surface area contributed by atoms with Gasteiger partial charge in [0.2, 0.25) is 5.88 Å². The number of hydrogen-bond acceptors (Lipinski definition) is 7. The van der Waals surface area contributed by atoms with Crippen molar-refractivity contribution in [1.29, 1.82) is 5.41 Å². The lowest BCUT2D eigenvalue weighted by molar-refractivity contribution is 0.0537. The van der Waals surface area contributed by atoms with Gasteiger partial charge in [0.15, 0.2) is 0 Å². The second-order valence-corrected chi connectivity index (χ2v) is 7.09. The minimum Gasteiger partial charge on any atom is -0.475 e. The third-order valence-corrected chi connectivity index (χ3v) is 4.28. The first-order valence-electron chi connectivity index (χ1n) is 11.8. The van der Waals surface area contributed by atoms with E-state index >= 15 is 0 Å². The molecule has 1 aromatic carbocycles. The van der Waals surface area contributed by atoms with Crippen molar-refractivity contribution < 1.29 is 14.2 Å². The van der Waals surface area contributed by atoms with E-state index in [9.17, 15) is 0 Å². The summed E-state index contributed by atoms with van der Waals surface area (Å²) in [4.78, 5) is 6.52. The van der Waals surface area contributed by atoms with Crippen LogP contribution in [0.25, 0.3) is 0 Å². The molecule has 2 aromatic rings. The molecule has 0 atom stereocenters. The number of nitrogens with zero attached hydrogens (tertiary/aromatic N) is 2. The number of ether oxygens (including phenoxy) is 3. The van der Waals surface area contributed by atoms with Crippen molar-refractivity contribution in [2.75, 3.05) is 57.3 Å². The Balaban J connectivity index is 0.000000770. The van der Waals surface area contributed by atoms with E-state index in [4.69, 9.17) is 25.4 Å². The maximum Gasteiger partial charge on any atom is 0.217 e. The zero-order valence-electron chi connectivity index (χ0n) is 21.4. The molecule has 2 rings (SSSR count). The van der Waals surface area contributed by atoms with E-state index in [0.717, 1.165) is 37.2 Å². The number of nitrogens with one attached hydrogen (secondary N) is 1. The van der Waals surface area contributed by atoms with Crippen molar-refractivity contribution in [3.63, 3.8) is 0 Å². The molecular weight excluding hydrogens is 416 g/mol. The summed E-state index contributed by atoms with van der Waals surface area (Å²) in [7, 11) is 1.65. The second kappa shape index (κ2) is 20.0. The van der Waals surface area contributed by atoms with Crippen molar-refractivity contribution in [2.24, 2.45) is 0 Å². The molecule has 0 aliphatic heterocycles. The first-order valence-corrected chi connectivity index (χ1v) is 11.8. The van der Waals surface area contributed by atoms with Gasteiger partial charge in [-0.1, -0.05) is 57.5 Å². The minimum absolute atomic E-state index is 0.446. The Morgan fingerprint density at radius 2 is 1.67 bits per heavy atom. The zero-order valence-corrected chi connectivity index (χ0v) is 21.4. The normalized spacial score (nSPS) is 9.76. The Bertz CT molecular complexity index is 750. The molecule has 0 aliphatic carbocycles. The van der Waals surface area contributed by atoms with Gasteiger partial charge in [0.25, 0.3) is 0 Å². The molecule has 3 N–H and O–H groups in total. The average molecular weight is 461 g/mol. The van der Waals surface area contributed by atoms with Crippen LogP contribution in [0.1, 0.15) is 51.7 Å². The SMILES string of the molecule is CC.CCCN(CCC)c1cc(N)nc(OCCOCCOC)c1.Cc1cccc(C=N)c1. The fourth-order valence-electron chi connectivity index (χ4n) is 2.89. The van der Waals surface area contributed by atoms with E-state index in [1.54, 1.807) is 7.11 Å². The van der Waals surface area contributed by atoms with E-state index in [1.165, 1.54) is 11.8 Å². The van der Waals surface area contributed by atoms with Crippen molar-refractivity contribution >= 4 is 17.7 Å². The molecule has 0 bridgehead atoms. The third-order valence-electron chi connectivity index (χ3n) is 4.28. The number of rotatable bonds is 13. The maximum atomic E-state index is 6.92. The molecule has 7 nitrogen and oxygen atoms in total. The largest absolute Gasteiger partial charge is 0.475 e. The molecular formula is C26H44N4O3. The Morgan fingerprint density at radius 3 is 2.21 bits per heavy atom. The van der Waals surface area contributed by atoms with Gasteiger partial charge in [-0.25, -0.2) is 0 Å². The number of nitrogens with two attached hydrogens (primary N) is 1. The fraction of sp³-hybridized carbons (Fsp3) is 0.538. The molecule has 0 unspecified atom stereocenters. The summed E-state index contributed by atoms with van der Waals surface area (Å²) in [6.45, 7) is 14.5. The molecule has 0 fully saturated rings. The Labute approximate surface area is 200 Å². The van der Waals surface area contributed by atoms with E-state index in [2.05, 4.69) is 23.7 Å². The van der Waals surface area contributed by atoms with Crippen LogP contribution in [0.5, 0.6) is 5.88 Å². The van der Waals surface area contributed by atoms with Gasteiger partial charge in [0.1, 0.15) is 12.4 Å². The predicted octanol–water partition coefficient (Wildman–Crippen LogP) is 5.35. The van der Waals surface area contributed by atoms with E-state index in [0.29, 0.717) is 38.1 Å².